The largest absolute Gasteiger partial charge is 0.389 e. The van der Waals surface area contributed by atoms with Crippen molar-refractivity contribution in [3.05, 3.63) is 46.4 Å². The summed E-state index contributed by atoms with van der Waals surface area (Å²) in [5.41, 5.74) is -0.651. The molecular weight excluding hydrogens is 306 g/mol. The Hall–Kier alpha value is -2.18. The summed E-state index contributed by atoms with van der Waals surface area (Å²) in [6.07, 6.45) is 0. The molecule has 0 spiro atoms. The van der Waals surface area contributed by atoms with Crippen LogP contribution in [0, 0.1) is 0 Å². The Morgan fingerprint density at radius 1 is 1.21 bits per heavy atom. The summed E-state index contributed by atoms with van der Waals surface area (Å²) < 4.78 is 0. The number of hydrogen-bond donors (Lipinski definition) is 2. The van der Waals surface area contributed by atoms with Crippen LogP contribution in [0.5, 0.6) is 0 Å². The molecule has 0 radical (unpaired) electrons. The lowest BCUT2D eigenvalue weighted by molar-refractivity contribution is 0.0177. The van der Waals surface area contributed by atoms with Crippen LogP contribution in [0.4, 0.5) is 0 Å². The third kappa shape index (κ3) is 3.66. The lowest BCUT2D eigenvalue weighted by atomic mass is 10.1. The Bertz CT molecular complexity index is 799. The van der Waals surface area contributed by atoms with Gasteiger partial charge in [0.05, 0.1) is 5.60 Å². The van der Waals surface area contributed by atoms with Crippen molar-refractivity contribution in [2.75, 3.05) is 32.7 Å². The summed E-state index contributed by atoms with van der Waals surface area (Å²) in [4.78, 5) is 31.4. The van der Waals surface area contributed by atoms with Crippen LogP contribution < -0.4 is 5.56 Å². The summed E-state index contributed by atoms with van der Waals surface area (Å²) >= 11 is 0. The van der Waals surface area contributed by atoms with Crippen LogP contribution in [0.15, 0.2) is 35.1 Å². The number of hydrogen-bond acceptors (Lipinski definition) is 4. The normalized spacial score (nSPS) is 16.5. The van der Waals surface area contributed by atoms with Gasteiger partial charge in [0.1, 0.15) is 5.69 Å². The number of carbonyl (C=O) groups excluding carboxylic acids is 1. The second-order valence-electron chi connectivity index (χ2n) is 6.98. The van der Waals surface area contributed by atoms with Crippen molar-refractivity contribution in [2.45, 2.75) is 19.4 Å². The van der Waals surface area contributed by atoms with Crippen molar-refractivity contribution in [3.63, 3.8) is 0 Å². The molecular formula is C18H23N3O3. The molecule has 24 heavy (non-hydrogen) atoms. The van der Waals surface area contributed by atoms with E-state index in [9.17, 15) is 14.7 Å². The number of nitrogens with zero attached hydrogens (tertiary/aromatic N) is 2. The zero-order chi connectivity index (χ0) is 17.3. The molecule has 3 rings (SSSR count). The second kappa shape index (κ2) is 6.37. The van der Waals surface area contributed by atoms with Gasteiger partial charge in [0.2, 0.25) is 0 Å². The van der Waals surface area contributed by atoms with Gasteiger partial charge in [-0.3, -0.25) is 14.5 Å². The number of piperazine rings is 1. The first kappa shape index (κ1) is 16.7. The molecule has 1 fully saturated rings. The van der Waals surface area contributed by atoms with Gasteiger partial charge in [-0.15, -0.1) is 0 Å². The van der Waals surface area contributed by atoms with Gasteiger partial charge in [0.25, 0.3) is 11.5 Å². The molecule has 2 aromatic rings. The van der Waals surface area contributed by atoms with Crippen molar-refractivity contribution in [3.8, 4) is 0 Å². The van der Waals surface area contributed by atoms with Gasteiger partial charge in [-0.25, -0.2) is 0 Å². The summed E-state index contributed by atoms with van der Waals surface area (Å²) in [6.45, 7) is 6.76. The van der Waals surface area contributed by atoms with Crippen LogP contribution in [0.3, 0.4) is 0 Å². The van der Waals surface area contributed by atoms with E-state index in [4.69, 9.17) is 0 Å². The van der Waals surface area contributed by atoms with Crippen molar-refractivity contribution in [1.82, 2.24) is 14.8 Å². The van der Waals surface area contributed by atoms with E-state index < -0.39 is 5.60 Å². The van der Waals surface area contributed by atoms with Crippen LogP contribution in [-0.4, -0.2) is 64.1 Å². The predicted octanol–water partition coefficient (Wildman–Crippen LogP) is 1.06. The minimum atomic E-state index is -0.740. The highest BCUT2D eigenvalue weighted by Crippen LogP contribution is 2.14. The van der Waals surface area contributed by atoms with E-state index in [2.05, 4.69) is 9.88 Å². The number of aliphatic hydroxyl groups is 1. The van der Waals surface area contributed by atoms with Gasteiger partial charge in [-0.2, -0.15) is 0 Å². The van der Waals surface area contributed by atoms with Gasteiger partial charge >= 0.3 is 0 Å². The topological polar surface area (TPSA) is 76.6 Å². The van der Waals surface area contributed by atoms with Crippen molar-refractivity contribution in [2.24, 2.45) is 0 Å². The standard InChI is InChI=1S/C18H23N3O3/c1-18(2,24)12-20-7-9-21(10-8-20)17(23)15-11-13-5-3-4-6-14(13)16(22)19-15/h3-6,11,24H,7-10,12H2,1-2H3,(H,19,22). The third-order valence-corrected chi connectivity index (χ3v) is 4.25. The number of pyridine rings is 1. The Morgan fingerprint density at radius 3 is 2.54 bits per heavy atom. The van der Waals surface area contributed by atoms with E-state index in [1.807, 2.05) is 12.1 Å². The van der Waals surface area contributed by atoms with E-state index in [1.54, 1.807) is 36.9 Å². The van der Waals surface area contributed by atoms with Gasteiger partial charge in [0, 0.05) is 38.1 Å². The van der Waals surface area contributed by atoms with Crippen LogP contribution in [0.2, 0.25) is 0 Å². The SMILES string of the molecule is CC(C)(O)CN1CCN(C(=O)c2cc3ccccc3c(=O)[nH]2)CC1. The number of benzene rings is 1. The van der Waals surface area contributed by atoms with E-state index in [0.717, 1.165) is 5.39 Å². The first-order valence-corrected chi connectivity index (χ1v) is 8.19. The number of fused-ring (bicyclic) bond motifs is 1. The number of aromatic amines is 1. The van der Waals surface area contributed by atoms with Crippen molar-refractivity contribution >= 4 is 16.7 Å². The van der Waals surface area contributed by atoms with E-state index in [-0.39, 0.29) is 11.5 Å². The fourth-order valence-electron chi connectivity index (χ4n) is 3.15. The second-order valence-corrected chi connectivity index (χ2v) is 6.98. The fourth-order valence-corrected chi connectivity index (χ4v) is 3.15. The number of rotatable bonds is 3. The maximum Gasteiger partial charge on any atom is 0.270 e. The molecule has 1 amide bonds. The van der Waals surface area contributed by atoms with Crippen molar-refractivity contribution < 1.29 is 9.90 Å². The maximum atomic E-state index is 12.7. The van der Waals surface area contributed by atoms with Gasteiger partial charge < -0.3 is 15.0 Å². The minimum Gasteiger partial charge on any atom is -0.389 e. The number of nitrogens with one attached hydrogen (secondary N) is 1. The Balaban J connectivity index is 1.73. The Kier molecular flexibility index (Phi) is 4.43. The lowest BCUT2D eigenvalue weighted by Gasteiger charge is -2.37. The van der Waals surface area contributed by atoms with E-state index >= 15 is 0 Å². The first-order chi connectivity index (χ1) is 11.3. The summed E-state index contributed by atoms with van der Waals surface area (Å²) in [7, 11) is 0. The summed E-state index contributed by atoms with van der Waals surface area (Å²) in [5, 5.41) is 11.2. The van der Waals surface area contributed by atoms with Gasteiger partial charge in [-0.1, -0.05) is 18.2 Å². The number of β-amino-alcohol motifs (C(OH)–C–C–N with tert-alkyl or cyclic N) is 1. The zero-order valence-corrected chi connectivity index (χ0v) is 14.1. The molecule has 0 atom stereocenters. The molecule has 1 aromatic carbocycles. The average molecular weight is 329 g/mol. The Labute approximate surface area is 140 Å². The summed E-state index contributed by atoms with van der Waals surface area (Å²) in [6, 6.07) is 8.98. The highest BCUT2D eigenvalue weighted by atomic mass is 16.3. The molecule has 0 unspecified atom stereocenters. The molecule has 1 aliphatic heterocycles. The molecule has 0 bridgehead atoms. The van der Waals surface area contributed by atoms with E-state index in [1.165, 1.54) is 0 Å². The number of carbonyl (C=O) groups is 1. The molecule has 1 aliphatic rings. The quantitative estimate of drug-likeness (QED) is 0.883. The highest BCUT2D eigenvalue weighted by Gasteiger charge is 2.26. The highest BCUT2D eigenvalue weighted by molar-refractivity contribution is 5.96. The molecule has 6 nitrogen and oxygen atoms in total. The molecule has 0 saturated carbocycles. The molecule has 2 N–H and O–H groups in total. The summed E-state index contributed by atoms with van der Waals surface area (Å²) in [5.74, 6) is -0.152. The lowest BCUT2D eigenvalue weighted by Crippen LogP contribution is -2.52. The molecule has 1 saturated heterocycles. The van der Waals surface area contributed by atoms with E-state index in [0.29, 0.717) is 43.8 Å². The number of aromatic nitrogens is 1. The minimum absolute atomic E-state index is 0.152. The number of amides is 1. The fraction of sp³-hybridized carbons (Fsp3) is 0.444. The first-order valence-electron chi connectivity index (χ1n) is 8.19. The zero-order valence-electron chi connectivity index (χ0n) is 14.1. The molecule has 2 heterocycles. The molecule has 1 aromatic heterocycles. The van der Waals surface area contributed by atoms with Crippen molar-refractivity contribution in [1.29, 1.82) is 0 Å². The van der Waals surface area contributed by atoms with Crippen LogP contribution in [0.1, 0.15) is 24.3 Å². The Morgan fingerprint density at radius 2 is 1.88 bits per heavy atom. The molecule has 128 valence electrons. The predicted molar refractivity (Wildman–Crippen MR) is 93.2 cm³/mol. The van der Waals surface area contributed by atoms with Crippen LogP contribution >= 0.6 is 0 Å². The van der Waals surface area contributed by atoms with Gasteiger partial charge in [0.15, 0.2) is 0 Å². The molecule has 0 aliphatic carbocycles. The maximum absolute atomic E-state index is 12.7. The monoisotopic (exact) mass is 329 g/mol. The van der Waals surface area contributed by atoms with Gasteiger partial charge in [-0.05, 0) is 31.4 Å². The van der Waals surface area contributed by atoms with Crippen LogP contribution in [0.25, 0.3) is 10.8 Å². The molecule has 6 heteroatoms. The van der Waals surface area contributed by atoms with Crippen LogP contribution in [-0.2, 0) is 0 Å². The number of H-pyrrole nitrogens is 1. The smallest absolute Gasteiger partial charge is 0.270 e. The average Bonchev–Trinajstić information content (AvgIpc) is 2.53. The third-order valence-electron chi connectivity index (χ3n) is 4.25.